The minimum atomic E-state index is -4.80. The van der Waals surface area contributed by atoms with Crippen LogP contribution in [0.25, 0.3) is 0 Å². The van der Waals surface area contributed by atoms with Crippen LogP contribution in [0, 0.1) is 0 Å². The molecule has 0 saturated heterocycles. The average molecular weight is 248 g/mol. The maximum absolute atomic E-state index is 12.7. The van der Waals surface area contributed by atoms with Gasteiger partial charge in [0.1, 0.15) is 0 Å². The molecule has 2 N–H and O–H groups in total. The topological polar surface area (TPSA) is 57.5 Å². The quantitative estimate of drug-likeness (QED) is 0.864. The number of rotatable bonds is 3. The fourth-order valence-electron chi connectivity index (χ4n) is 1.46. The maximum Gasteiger partial charge on any atom is 0.421 e. The Morgan fingerprint density at radius 1 is 1.24 bits per heavy atom. The third kappa shape index (κ3) is 2.41. The molecule has 94 valence electrons. The van der Waals surface area contributed by atoms with Gasteiger partial charge in [0, 0.05) is 0 Å². The molecule has 0 aliphatic carbocycles. The third-order valence-electron chi connectivity index (χ3n) is 2.59. The predicted octanol–water partition coefficient (Wildman–Crippen LogP) is 2.54. The summed E-state index contributed by atoms with van der Waals surface area (Å²) in [6.07, 6.45) is -5.34. The number of aromatic carboxylic acids is 1. The van der Waals surface area contributed by atoms with Crippen molar-refractivity contribution in [2.75, 3.05) is 0 Å². The van der Waals surface area contributed by atoms with E-state index in [9.17, 15) is 23.1 Å². The van der Waals surface area contributed by atoms with Crippen LogP contribution in [0.1, 0.15) is 29.3 Å². The van der Waals surface area contributed by atoms with E-state index in [1.54, 1.807) is 0 Å². The van der Waals surface area contributed by atoms with Gasteiger partial charge in [0.2, 0.25) is 0 Å². The number of aliphatic hydroxyl groups is 1. The van der Waals surface area contributed by atoms with Crippen LogP contribution in [0.2, 0.25) is 0 Å². The van der Waals surface area contributed by atoms with E-state index in [-0.39, 0.29) is 11.1 Å². The van der Waals surface area contributed by atoms with Crippen LogP contribution in [0.15, 0.2) is 24.3 Å². The van der Waals surface area contributed by atoms with Gasteiger partial charge in [-0.3, -0.25) is 0 Å². The van der Waals surface area contributed by atoms with Crippen molar-refractivity contribution in [1.82, 2.24) is 0 Å². The normalized spacial score (nSPS) is 15.4. The molecule has 0 aromatic heterocycles. The molecule has 6 heteroatoms. The molecule has 17 heavy (non-hydrogen) atoms. The van der Waals surface area contributed by atoms with Gasteiger partial charge in [-0.15, -0.1) is 0 Å². The molecular formula is C11H11F3O3. The standard InChI is InChI=1S/C11H11F3O3/c1-2-10(17,11(12,13)14)8-5-3-7(4-6-8)9(15)16/h3-6,17H,2H2,1H3,(H,15,16). The molecule has 0 heterocycles. The Kier molecular flexibility index (Phi) is 3.47. The van der Waals surface area contributed by atoms with Crippen molar-refractivity contribution in [1.29, 1.82) is 0 Å². The van der Waals surface area contributed by atoms with E-state index in [0.717, 1.165) is 24.3 Å². The van der Waals surface area contributed by atoms with Gasteiger partial charge in [-0.1, -0.05) is 19.1 Å². The monoisotopic (exact) mass is 248 g/mol. The molecule has 0 radical (unpaired) electrons. The molecule has 0 spiro atoms. The molecule has 0 aliphatic heterocycles. The number of carbonyl (C=O) groups is 1. The van der Waals surface area contributed by atoms with E-state index in [1.807, 2.05) is 0 Å². The lowest BCUT2D eigenvalue weighted by Gasteiger charge is -2.29. The first kappa shape index (κ1) is 13.5. The molecule has 0 bridgehead atoms. The minimum Gasteiger partial charge on any atom is -0.478 e. The van der Waals surface area contributed by atoms with Crippen molar-refractivity contribution in [3.8, 4) is 0 Å². The largest absolute Gasteiger partial charge is 0.478 e. The summed E-state index contributed by atoms with van der Waals surface area (Å²) in [7, 11) is 0. The number of halogens is 3. The molecule has 1 aromatic rings. The van der Waals surface area contributed by atoms with Crippen LogP contribution in [-0.4, -0.2) is 22.4 Å². The van der Waals surface area contributed by atoms with E-state index in [1.165, 1.54) is 6.92 Å². The molecule has 1 rings (SSSR count). The number of carboxylic acids is 1. The Bertz CT molecular complexity index is 411. The molecule has 0 amide bonds. The molecule has 1 unspecified atom stereocenters. The van der Waals surface area contributed by atoms with Gasteiger partial charge in [0.25, 0.3) is 0 Å². The van der Waals surface area contributed by atoms with E-state index in [4.69, 9.17) is 5.11 Å². The Balaban J connectivity index is 3.19. The number of alkyl halides is 3. The van der Waals surface area contributed by atoms with Crippen LogP contribution in [0.5, 0.6) is 0 Å². The molecular weight excluding hydrogens is 237 g/mol. The number of hydrogen-bond donors (Lipinski definition) is 2. The van der Waals surface area contributed by atoms with Crippen molar-refractivity contribution < 1.29 is 28.2 Å². The molecule has 0 saturated carbocycles. The van der Waals surface area contributed by atoms with Crippen LogP contribution < -0.4 is 0 Å². The van der Waals surface area contributed by atoms with Gasteiger partial charge < -0.3 is 10.2 Å². The van der Waals surface area contributed by atoms with Crippen LogP contribution in [0.4, 0.5) is 13.2 Å². The summed E-state index contributed by atoms with van der Waals surface area (Å²) < 4.78 is 38.0. The lowest BCUT2D eigenvalue weighted by Crippen LogP contribution is -2.41. The fraction of sp³-hybridized carbons (Fsp3) is 0.364. The summed E-state index contributed by atoms with van der Waals surface area (Å²) in [5.74, 6) is -1.23. The van der Waals surface area contributed by atoms with Crippen molar-refractivity contribution in [2.45, 2.75) is 25.1 Å². The smallest absolute Gasteiger partial charge is 0.421 e. The summed E-state index contributed by atoms with van der Waals surface area (Å²) >= 11 is 0. The van der Waals surface area contributed by atoms with Crippen molar-refractivity contribution >= 4 is 5.97 Å². The SMILES string of the molecule is CCC(O)(c1ccc(C(=O)O)cc1)C(F)(F)F. The first-order chi connectivity index (χ1) is 7.72. The first-order valence-electron chi connectivity index (χ1n) is 4.85. The average Bonchev–Trinajstić information content (AvgIpc) is 2.26. The van der Waals surface area contributed by atoms with Crippen molar-refractivity contribution in [3.63, 3.8) is 0 Å². The molecule has 3 nitrogen and oxygen atoms in total. The second kappa shape index (κ2) is 4.37. The zero-order valence-electron chi connectivity index (χ0n) is 8.95. The number of benzene rings is 1. The number of hydrogen-bond acceptors (Lipinski definition) is 2. The molecule has 0 aliphatic rings. The van der Waals surface area contributed by atoms with Gasteiger partial charge >= 0.3 is 12.1 Å². The summed E-state index contributed by atoms with van der Waals surface area (Å²) in [5.41, 5.74) is -3.43. The highest BCUT2D eigenvalue weighted by Crippen LogP contribution is 2.41. The van der Waals surface area contributed by atoms with Crippen LogP contribution in [0.3, 0.4) is 0 Å². The van der Waals surface area contributed by atoms with Gasteiger partial charge in [-0.2, -0.15) is 13.2 Å². The molecule has 1 aromatic carbocycles. The Hall–Kier alpha value is -1.56. The lowest BCUT2D eigenvalue weighted by atomic mass is 9.90. The Labute approximate surface area is 95.5 Å². The highest BCUT2D eigenvalue weighted by Gasteiger charge is 2.53. The van der Waals surface area contributed by atoms with Gasteiger partial charge in [0.15, 0.2) is 5.60 Å². The first-order valence-corrected chi connectivity index (χ1v) is 4.85. The Morgan fingerprint density at radius 2 is 1.71 bits per heavy atom. The van der Waals surface area contributed by atoms with Gasteiger partial charge in [-0.05, 0) is 24.1 Å². The fourth-order valence-corrected chi connectivity index (χ4v) is 1.46. The summed E-state index contributed by atoms with van der Waals surface area (Å²) in [6, 6.07) is 4.01. The third-order valence-corrected chi connectivity index (χ3v) is 2.59. The Morgan fingerprint density at radius 3 is 2.00 bits per heavy atom. The van der Waals surface area contributed by atoms with Crippen molar-refractivity contribution in [2.24, 2.45) is 0 Å². The summed E-state index contributed by atoms with van der Waals surface area (Å²) in [4.78, 5) is 10.5. The zero-order chi connectivity index (χ0) is 13.3. The second-order valence-corrected chi connectivity index (χ2v) is 3.59. The summed E-state index contributed by atoms with van der Waals surface area (Å²) in [6.45, 7) is 1.21. The second-order valence-electron chi connectivity index (χ2n) is 3.59. The molecule has 0 fully saturated rings. The molecule has 1 atom stereocenters. The predicted molar refractivity (Wildman–Crippen MR) is 53.6 cm³/mol. The zero-order valence-corrected chi connectivity index (χ0v) is 8.95. The van der Waals surface area contributed by atoms with Crippen LogP contribution in [-0.2, 0) is 5.60 Å². The van der Waals surface area contributed by atoms with Gasteiger partial charge in [-0.25, -0.2) is 4.79 Å². The van der Waals surface area contributed by atoms with E-state index < -0.39 is 24.2 Å². The van der Waals surface area contributed by atoms with Crippen LogP contribution >= 0.6 is 0 Å². The number of carboxylic acid groups (broad SMARTS) is 1. The maximum atomic E-state index is 12.7. The van der Waals surface area contributed by atoms with E-state index in [0.29, 0.717) is 0 Å². The van der Waals surface area contributed by atoms with E-state index >= 15 is 0 Å². The highest BCUT2D eigenvalue weighted by atomic mass is 19.4. The van der Waals surface area contributed by atoms with Crippen molar-refractivity contribution in [3.05, 3.63) is 35.4 Å². The lowest BCUT2D eigenvalue weighted by molar-refractivity contribution is -0.267. The van der Waals surface area contributed by atoms with E-state index in [2.05, 4.69) is 0 Å². The highest BCUT2D eigenvalue weighted by molar-refractivity contribution is 5.87. The summed E-state index contributed by atoms with van der Waals surface area (Å²) in [5, 5.41) is 18.2. The minimum absolute atomic E-state index is 0.130. The van der Waals surface area contributed by atoms with Gasteiger partial charge in [0.05, 0.1) is 5.56 Å².